The standard InChI is InChI=1S/C24H40N4O4/c1-18-7-8-20(21(15-18)31-14-13-30-6)17-27-22(25-5)26-16-19-9-11-28(12-10-19)23(29)32-24(2,3)4/h7-8,15,19H,9-14,16-17H2,1-6H3,(H2,25,26,27). The van der Waals surface area contributed by atoms with E-state index in [-0.39, 0.29) is 6.09 Å². The number of aryl methyl sites for hydroxylation is 1. The zero-order valence-electron chi connectivity index (χ0n) is 20.5. The van der Waals surface area contributed by atoms with E-state index in [9.17, 15) is 4.79 Å². The molecule has 0 unspecified atom stereocenters. The minimum absolute atomic E-state index is 0.219. The Kier molecular flexibility index (Phi) is 10.1. The Labute approximate surface area is 192 Å². The van der Waals surface area contributed by atoms with Gasteiger partial charge in [0.25, 0.3) is 0 Å². The van der Waals surface area contributed by atoms with Crippen molar-refractivity contribution in [2.24, 2.45) is 10.9 Å². The first-order valence-corrected chi connectivity index (χ1v) is 11.4. The molecule has 0 radical (unpaired) electrons. The van der Waals surface area contributed by atoms with Gasteiger partial charge in [0.15, 0.2) is 5.96 Å². The third-order valence-corrected chi connectivity index (χ3v) is 5.26. The SMILES string of the molecule is CN=C(NCc1ccc(C)cc1OCCOC)NCC1CCN(C(=O)OC(C)(C)C)CC1. The summed E-state index contributed by atoms with van der Waals surface area (Å²) in [6.45, 7) is 11.7. The molecule has 0 saturated carbocycles. The monoisotopic (exact) mass is 448 g/mol. The molecule has 2 rings (SSSR count). The van der Waals surface area contributed by atoms with Gasteiger partial charge in [-0.3, -0.25) is 4.99 Å². The van der Waals surface area contributed by atoms with Gasteiger partial charge in [0.05, 0.1) is 6.61 Å². The summed E-state index contributed by atoms with van der Waals surface area (Å²) in [5, 5.41) is 6.79. The highest BCUT2D eigenvalue weighted by Crippen LogP contribution is 2.21. The Morgan fingerprint density at radius 2 is 1.91 bits per heavy atom. The number of nitrogens with one attached hydrogen (secondary N) is 2. The maximum Gasteiger partial charge on any atom is 0.410 e. The smallest absolute Gasteiger partial charge is 0.410 e. The van der Waals surface area contributed by atoms with Crippen molar-refractivity contribution in [2.75, 3.05) is 47.0 Å². The highest BCUT2D eigenvalue weighted by Gasteiger charge is 2.26. The predicted molar refractivity (Wildman–Crippen MR) is 127 cm³/mol. The van der Waals surface area contributed by atoms with E-state index in [1.54, 1.807) is 19.1 Å². The Morgan fingerprint density at radius 1 is 1.19 bits per heavy atom. The fourth-order valence-electron chi connectivity index (χ4n) is 3.46. The number of hydrogen-bond acceptors (Lipinski definition) is 5. The Hall–Kier alpha value is -2.48. The molecule has 1 aromatic carbocycles. The van der Waals surface area contributed by atoms with Crippen LogP contribution >= 0.6 is 0 Å². The van der Waals surface area contributed by atoms with E-state index < -0.39 is 5.60 Å². The van der Waals surface area contributed by atoms with Crippen molar-refractivity contribution in [1.29, 1.82) is 0 Å². The summed E-state index contributed by atoms with van der Waals surface area (Å²) >= 11 is 0. The van der Waals surface area contributed by atoms with Crippen LogP contribution < -0.4 is 15.4 Å². The molecule has 1 saturated heterocycles. The summed E-state index contributed by atoms with van der Waals surface area (Å²) in [4.78, 5) is 18.4. The lowest BCUT2D eigenvalue weighted by molar-refractivity contribution is 0.0185. The number of amides is 1. The van der Waals surface area contributed by atoms with E-state index in [1.807, 2.05) is 26.8 Å². The number of ether oxygens (including phenoxy) is 3. The van der Waals surface area contributed by atoms with Crippen LogP contribution in [0.4, 0.5) is 4.79 Å². The number of carbonyl (C=O) groups is 1. The first-order chi connectivity index (χ1) is 15.2. The molecule has 0 aliphatic carbocycles. The topological polar surface area (TPSA) is 84.4 Å². The number of hydrogen-bond donors (Lipinski definition) is 2. The first kappa shape index (κ1) is 25.8. The van der Waals surface area contributed by atoms with Crippen molar-refractivity contribution in [3.05, 3.63) is 29.3 Å². The quantitative estimate of drug-likeness (QED) is 0.361. The molecular weight excluding hydrogens is 408 g/mol. The maximum absolute atomic E-state index is 12.2. The number of rotatable bonds is 8. The summed E-state index contributed by atoms with van der Waals surface area (Å²) in [7, 11) is 3.44. The van der Waals surface area contributed by atoms with Crippen LogP contribution in [0.1, 0.15) is 44.7 Å². The van der Waals surface area contributed by atoms with Gasteiger partial charge >= 0.3 is 6.09 Å². The third-order valence-electron chi connectivity index (χ3n) is 5.26. The van der Waals surface area contributed by atoms with Crippen LogP contribution in [-0.2, 0) is 16.0 Å². The van der Waals surface area contributed by atoms with Gasteiger partial charge in [-0.05, 0) is 58.1 Å². The second-order valence-corrected chi connectivity index (χ2v) is 9.17. The van der Waals surface area contributed by atoms with Crippen molar-refractivity contribution >= 4 is 12.1 Å². The molecule has 32 heavy (non-hydrogen) atoms. The molecule has 1 heterocycles. The molecule has 1 fully saturated rings. The van der Waals surface area contributed by atoms with Crippen LogP contribution in [0.25, 0.3) is 0 Å². The van der Waals surface area contributed by atoms with Gasteiger partial charge in [-0.1, -0.05) is 12.1 Å². The van der Waals surface area contributed by atoms with Crippen LogP contribution in [0.5, 0.6) is 5.75 Å². The molecule has 8 nitrogen and oxygen atoms in total. The normalized spacial score (nSPS) is 15.4. The lowest BCUT2D eigenvalue weighted by atomic mass is 9.97. The van der Waals surface area contributed by atoms with Crippen LogP contribution in [0.15, 0.2) is 23.2 Å². The molecule has 1 aliphatic rings. The van der Waals surface area contributed by atoms with E-state index in [0.717, 1.165) is 55.3 Å². The first-order valence-electron chi connectivity index (χ1n) is 11.4. The van der Waals surface area contributed by atoms with E-state index in [0.29, 0.717) is 25.7 Å². The summed E-state index contributed by atoms with van der Waals surface area (Å²) < 4.78 is 16.4. The predicted octanol–water partition coefficient (Wildman–Crippen LogP) is 3.33. The number of nitrogens with zero attached hydrogens (tertiary/aromatic N) is 2. The molecule has 0 atom stereocenters. The van der Waals surface area contributed by atoms with Crippen molar-refractivity contribution in [3.63, 3.8) is 0 Å². The molecule has 0 spiro atoms. The molecule has 180 valence electrons. The lowest BCUT2D eigenvalue weighted by Crippen LogP contribution is -2.45. The molecule has 8 heteroatoms. The van der Waals surface area contributed by atoms with Gasteiger partial charge in [-0.2, -0.15) is 0 Å². The molecule has 0 aromatic heterocycles. The molecule has 1 amide bonds. The zero-order valence-corrected chi connectivity index (χ0v) is 20.5. The van der Waals surface area contributed by atoms with E-state index >= 15 is 0 Å². The second kappa shape index (κ2) is 12.5. The van der Waals surface area contributed by atoms with E-state index in [4.69, 9.17) is 14.2 Å². The summed E-state index contributed by atoms with van der Waals surface area (Å²) in [6, 6.07) is 6.19. The van der Waals surface area contributed by atoms with Crippen molar-refractivity contribution in [1.82, 2.24) is 15.5 Å². The van der Waals surface area contributed by atoms with Crippen molar-refractivity contribution in [3.8, 4) is 5.75 Å². The fourth-order valence-corrected chi connectivity index (χ4v) is 3.46. The van der Waals surface area contributed by atoms with E-state index in [1.165, 1.54) is 0 Å². The highest BCUT2D eigenvalue weighted by molar-refractivity contribution is 5.79. The Morgan fingerprint density at radius 3 is 2.53 bits per heavy atom. The number of piperidine rings is 1. The summed E-state index contributed by atoms with van der Waals surface area (Å²) in [6.07, 6.45) is 1.67. The minimum Gasteiger partial charge on any atom is -0.491 e. The van der Waals surface area contributed by atoms with Gasteiger partial charge < -0.3 is 29.7 Å². The zero-order chi connectivity index (χ0) is 23.6. The second-order valence-electron chi connectivity index (χ2n) is 9.17. The summed E-state index contributed by atoms with van der Waals surface area (Å²) in [5.41, 5.74) is 1.77. The average molecular weight is 449 g/mol. The fraction of sp³-hybridized carbons (Fsp3) is 0.667. The Bertz CT molecular complexity index is 753. The maximum atomic E-state index is 12.2. The molecular formula is C24H40N4O4. The van der Waals surface area contributed by atoms with Gasteiger partial charge in [-0.15, -0.1) is 0 Å². The number of aliphatic imine (C=N–C) groups is 1. The molecule has 2 N–H and O–H groups in total. The molecule has 1 aromatic rings. The largest absolute Gasteiger partial charge is 0.491 e. The van der Waals surface area contributed by atoms with Crippen LogP contribution in [0.3, 0.4) is 0 Å². The van der Waals surface area contributed by atoms with Crippen molar-refractivity contribution in [2.45, 2.75) is 52.7 Å². The summed E-state index contributed by atoms with van der Waals surface area (Å²) in [5.74, 6) is 2.10. The van der Waals surface area contributed by atoms with Gasteiger partial charge in [0, 0.05) is 45.9 Å². The number of carbonyl (C=O) groups excluding carboxylic acids is 1. The third kappa shape index (κ3) is 8.94. The van der Waals surface area contributed by atoms with Crippen LogP contribution in [0, 0.1) is 12.8 Å². The van der Waals surface area contributed by atoms with Crippen LogP contribution in [0.2, 0.25) is 0 Å². The average Bonchev–Trinajstić information content (AvgIpc) is 2.74. The lowest BCUT2D eigenvalue weighted by Gasteiger charge is -2.33. The van der Waals surface area contributed by atoms with Crippen molar-refractivity contribution < 1.29 is 19.0 Å². The minimum atomic E-state index is -0.459. The number of guanidine groups is 1. The molecule has 0 bridgehead atoms. The van der Waals surface area contributed by atoms with E-state index in [2.05, 4.69) is 34.7 Å². The van der Waals surface area contributed by atoms with Crippen LogP contribution in [-0.4, -0.2) is 69.6 Å². The van der Waals surface area contributed by atoms with Gasteiger partial charge in [0.1, 0.15) is 18.0 Å². The number of methoxy groups -OCH3 is 1. The number of benzene rings is 1. The number of likely N-dealkylation sites (tertiary alicyclic amines) is 1. The highest BCUT2D eigenvalue weighted by atomic mass is 16.6. The Balaban J connectivity index is 1.78. The van der Waals surface area contributed by atoms with Gasteiger partial charge in [-0.25, -0.2) is 4.79 Å². The van der Waals surface area contributed by atoms with Gasteiger partial charge in [0.2, 0.25) is 0 Å². The molecule has 1 aliphatic heterocycles.